The number of benzene rings is 3. The van der Waals surface area contributed by atoms with Gasteiger partial charge in [-0.05, 0) is 70.6 Å². The summed E-state index contributed by atoms with van der Waals surface area (Å²) in [6, 6.07) is 30.8. The van der Waals surface area contributed by atoms with Crippen molar-refractivity contribution >= 4 is 48.0 Å². The lowest BCUT2D eigenvalue weighted by Gasteiger charge is -2.07. The van der Waals surface area contributed by atoms with Gasteiger partial charge in [0.15, 0.2) is 0 Å². The molecule has 0 atom stereocenters. The van der Waals surface area contributed by atoms with Crippen molar-refractivity contribution in [2.45, 2.75) is 62.2 Å². The van der Waals surface area contributed by atoms with Gasteiger partial charge in [0, 0.05) is 37.1 Å². The highest BCUT2D eigenvalue weighted by atomic mass is 16.5. The van der Waals surface area contributed by atoms with Gasteiger partial charge in [-0.1, -0.05) is 71.5 Å². The van der Waals surface area contributed by atoms with E-state index in [2.05, 4.69) is 15.6 Å². The summed E-state index contributed by atoms with van der Waals surface area (Å²) in [5.74, 6) is 0.798. The van der Waals surface area contributed by atoms with Crippen LogP contribution in [0.1, 0.15) is 60.1 Å². The fourth-order valence-electron chi connectivity index (χ4n) is 3.89. The number of rotatable bonds is 4. The van der Waals surface area contributed by atoms with E-state index in [1.54, 1.807) is 18.3 Å². The first kappa shape index (κ1) is 40.4. The molecule has 2 aliphatic rings. The van der Waals surface area contributed by atoms with Crippen molar-refractivity contribution in [2.75, 3.05) is 10.6 Å². The Hall–Kier alpha value is -4.64. The minimum atomic E-state index is -0.783. The Morgan fingerprint density at radius 3 is 1.56 bits per heavy atom. The monoisotopic (exact) mass is 609 g/mol. The van der Waals surface area contributed by atoms with E-state index >= 15 is 0 Å². The molecule has 0 radical (unpaired) electrons. The van der Waals surface area contributed by atoms with E-state index in [9.17, 15) is 10.0 Å². The van der Waals surface area contributed by atoms with E-state index < -0.39 is 14.2 Å². The van der Waals surface area contributed by atoms with Crippen molar-refractivity contribution < 1.29 is 19.4 Å². The first-order valence-corrected chi connectivity index (χ1v) is 14.5. The van der Waals surface area contributed by atoms with E-state index in [0.29, 0.717) is 13.2 Å². The fraction of sp³-hybridized carbons (Fsp3) is 0.265. The quantitative estimate of drug-likeness (QED) is 0.192. The van der Waals surface area contributed by atoms with Gasteiger partial charge in [-0.15, -0.1) is 0 Å². The van der Waals surface area contributed by atoms with Crippen LogP contribution in [0.5, 0.6) is 0 Å². The molecule has 45 heavy (non-hydrogen) atoms. The predicted octanol–water partition coefficient (Wildman–Crippen LogP) is 6.44. The second kappa shape index (κ2) is 23.8. The number of fused-ring (bicyclic) bond motifs is 2. The fourth-order valence-corrected chi connectivity index (χ4v) is 3.89. The first-order chi connectivity index (χ1) is 21.5. The standard InChI is InChI=1S/C13H12BNO2.C12H11BN2O2.2C2H3N.2C2H6.CH4/c16-14-13-7-6-12(8-10(13)9-17-14)15-11-4-2-1-3-5-11;16-13-11-5-4-10(7-9(11)8-17-13)15-12-3-1-2-6-14-12;2*1-2-3;2*1-2;/h1-8,15-16H,9H2;1-7,16H,8H2,(H,14,15);2*1H3;2*1-2H3;1H4. The molecule has 4 aromatic rings. The van der Waals surface area contributed by atoms with Gasteiger partial charge in [-0.3, -0.25) is 0 Å². The molecule has 4 N–H and O–H groups in total. The zero-order valence-electron chi connectivity index (χ0n) is 26.3. The maximum Gasteiger partial charge on any atom is 0.491 e. The highest BCUT2D eigenvalue weighted by Crippen LogP contribution is 2.20. The molecule has 3 aromatic carbocycles. The van der Waals surface area contributed by atoms with Crippen LogP contribution < -0.4 is 21.6 Å². The van der Waals surface area contributed by atoms with Gasteiger partial charge in [0.25, 0.3) is 0 Å². The number of nitriles is 2. The van der Waals surface area contributed by atoms with Crippen LogP contribution in [0.15, 0.2) is 91.1 Å². The number of anilines is 4. The second-order valence-electron chi connectivity index (χ2n) is 8.43. The molecule has 0 saturated heterocycles. The summed E-state index contributed by atoms with van der Waals surface area (Å²) in [5, 5.41) is 40.2. The van der Waals surface area contributed by atoms with Gasteiger partial charge in [0.2, 0.25) is 0 Å². The average molecular weight is 609 g/mol. The molecule has 11 heteroatoms. The molecule has 9 nitrogen and oxygen atoms in total. The Morgan fingerprint density at radius 2 is 1.11 bits per heavy atom. The lowest BCUT2D eigenvalue weighted by molar-refractivity contribution is 0.275. The van der Waals surface area contributed by atoms with Crippen LogP contribution in [0.3, 0.4) is 0 Å². The second-order valence-corrected chi connectivity index (χ2v) is 8.43. The highest BCUT2D eigenvalue weighted by molar-refractivity contribution is 6.62. The number of hydrogen-bond donors (Lipinski definition) is 4. The number of para-hydroxylation sites is 1. The third-order valence-electron chi connectivity index (χ3n) is 5.61. The molecule has 236 valence electrons. The lowest BCUT2D eigenvalue weighted by atomic mass is 9.79. The largest absolute Gasteiger partial charge is 0.491 e. The minimum Gasteiger partial charge on any atom is -0.423 e. The van der Waals surface area contributed by atoms with Crippen LogP contribution in [-0.2, 0) is 22.5 Å². The van der Waals surface area contributed by atoms with Crippen LogP contribution >= 0.6 is 0 Å². The normalized spacial score (nSPS) is 10.9. The van der Waals surface area contributed by atoms with Crippen molar-refractivity contribution in [3.8, 4) is 12.1 Å². The summed E-state index contributed by atoms with van der Waals surface area (Å²) in [5.41, 5.74) is 6.76. The number of hydrogen-bond acceptors (Lipinski definition) is 9. The molecule has 3 heterocycles. The topological polar surface area (TPSA) is 143 Å². The van der Waals surface area contributed by atoms with E-state index in [1.807, 2.05) is 113 Å². The van der Waals surface area contributed by atoms with Gasteiger partial charge < -0.3 is 30.0 Å². The third-order valence-corrected chi connectivity index (χ3v) is 5.61. The average Bonchev–Trinajstić information content (AvgIpc) is 3.62. The summed E-state index contributed by atoms with van der Waals surface area (Å²) < 4.78 is 10.3. The van der Waals surface area contributed by atoms with E-state index in [1.165, 1.54) is 13.8 Å². The smallest absolute Gasteiger partial charge is 0.423 e. The van der Waals surface area contributed by atoms with Crippen molar-refractivity contribution in [1.82, 2.24) is 4.98 Å². The Labute approximate surface area is 269 Å². The molecule has 0 amide bonds. The van der Waals surface area contributed by atoms with Gasteiger partial charge in [0.1, 0.15) is 5.82 Å². The SMILES string of the molecule is C.CC.CC.CC#N.CC#N.OB1OCc2cc(Nc3ccccc3)ccc21.OB1OCc2cc(Nc3ccccn3)ccc21. The van der Waals surface area contributed by atoms with Crippen molar-refractivity contribution in [1.29, 1.82) is 10.5 Å². The van der Waals surface area contributed by atoms with Crippen LogP contribution in [-0.4, -0.2) is 29.3 Å². The summed E-state index contributed by atoms with van der Waals surface area (Å²) in [6.45, 7) is 11.8. The summed E-state index contributed by atoms with van der Waals surface area (Å²) >= 11 is 0. The van der Waals surface area contributed by atoms with Crippen LogP contribution in [0.2, 0.25) is 0 Å². The molecule has 6 rings (SSSR count). The summed E-state index contributed by atoms with van der Waals surface area (Å²) in [7, 11) is -1.55. The van der Waals surface area contributed by atoms with E-state index in [0.717, 1.165) is 44.9 Å². The van der Waals surface area contributed by atoms with Gasteiger partial charge in [-0.25, -0.2) is 4.98 Å². The zero-order valence-corrected chi connectivity index (χ0v) is 26.3. The van der Waals surface area contributed by atoms with Crippen LogP contribution in [0.25, 0.3) is 0 Å². The molecule has 1 aromatic heterocycles. The van der Waals surface area contributed by atoms with Gasteiger partial charge in [-0.2, -0.15) is 10.5 Å². The third kappa shape index (κ3) is 13.7. The molecule has 0 fully saturated rings. The van der Waals surface area contributed by atoms with Crippen molar-refractivity contribution in [2.24, 2.45) is 0 Å². The minimum absolute atomic E-state index is 0. The Morgan fingerprint density at radius 1 is 0.667 bits per heavy atom. The molecular formula is C34H45B2N5O4. The maximum absolute atomic E-state index is 9.52. The molecule has 2 aliphatic heterocycles. The lowest BCUT2D eigenvalue weighted by Crippen LogP contribution is -2.27. The first-order valence-electron chi connectivity index (χ1n) is 14.5. The summed E-state index contributed by atoms with van der Waals surface area (Å²) in [4.78, 5) is 4.19. The number of nitrogens with one attached hydrogen (secondary N) is 2. The van der Waals surface area contributed by atoms with Crippen LogP contribution in [0, 0.1) is 22.7 Å². The molecule has 0 saturated carbocycles. The van der Waals surface area contributed by atoms with E-state index in [4.69, 9.17) is 19.8 Å². The molecule has 0 aliphatic carbocycles. The van der Waals surface area contributed by atoms with Crippen molar-refractivity contribution in [3.05, 3.63) is 102 Å². The molecule has 0 bridgehead atoms. The maximum atomic E-state index is 9.52. The van der Waals surface area contributed by atoms with Crippen molar-refractivity contribution in [3.63, 3.8) is 0 Å². The molecular weight excluding hydrogens is 564 g/mol. The molecule has 0 spiro atoms. The Kier molecular flexibility index (Phi) is 21.3. The van der Waals surface area contributed by atoms with Crippen LogP contribution in [0.4, 0.5) is 22.9 Å². The highest BCUT2D eigenvalue weighted by Gasteiger charge is 2.27. The Bertz CT molecular complexity index is 1340. The number of pyridine rings is 1. The van der Waals surface area contributed by atoms with E-state index in [-0.39, 0.29) is 7.43 Å². The summed E-state index contributed by atoms with van der Waals surface area (Å²) in [6.07, 6.45) is 1.74. The number of nitrogens with zero attached hydrogens (tertiary/aromatic N) is 3. The Balaban J connectivity index is 0.000000660. The molecule has 0 unspecified atom stereocenters. The number of aromatic nitrogens is 1. The predicted molar refractivity (Wildman–Crippen MR) is 187 cm³/mol. The zero-order chi connectivity index (χ0) is 32.7. The van der Waals surface area contributed by atoms with Gasteiger partial charge >= 0.3 is 14.2 Å². The van der Waals surface area contributed by atoms with Gasteiger partial charge in [0.05, 0.1) is 25.4 Å².